The number of carboxylic acids is 1. The van der Waals surface area contributed by atoms with Gasteiger partial charge in [-0.15, -0.1) is 0 Å². The minimum atomic E-state index is -4.63. The molecular formula is C18H22F3N3O3. The number of halogens is 3. The van der Waals surface area contributed by atoms with E-state index in [4.69, 9.17) is 5.11 Å². The standard InChI is InChI=1S/C18H22F3N3O3/c1-5-11(4)23(9-15(25)26)16(27)12-6-7-14-13(8-12)22-17(18(19,20)21)24(14)10(2)3/h6-8,10-11H,5,9H2,1-4H3,(H,25,26). The molecule has 2 aromatic rings. The molecule has 0 saturated carbocycles. The molecule has 2 rings (SSSR count). The van der Waals surface area contributed by atoms with E-state index in [1.807, 2.05) is 6.92 Å². The number of hydrogen-bond donors (Lipinski definition) is 1. The Hall–Kier alpha value is -2.58. The summed E-state index contributed by atoms with van der Waals surface area (Å²) in [5, 5.41) is 9.05. The lowest BCUT2D eigenvalue weighted by Gasteiger charge is -2.27. The first-order valence-corrected chi connectivity index (χ1v) is 8.59. The van der Waals surface area contributed by atoms with Crippen molar-refractivity contribution in [2.24, 2.45) is 0 Å². The monoisotopic (exact) mass is 385 g/mol. The summed E-state index contributed by atoms with van der Waals surface area (Å²) >= 11 is 0. The van der Waals surface area contributed by atoms with Crippen molar-refractivity contribution in [3.8, 4) is 0 Å². The lowest BCUT2D eigenvalue weighted by molar-refractivity contribution is -0.147. The quantitative estimate of drug-likeness (QED) is 0.817. The molecule has 0 aliphatic heterocycles. The summed E-state index contributed by atoms with van der Waals surface area (Å²) in [7, 11) is 0. The van der Waals surface area contributed by atoms with Gasteiger partial charge in [-0.05, 0) is 45.4 Å². The highest BCUT2D eigenvalue weighted by Gasteiger charge is 2.38. The van der Waals surface area contributed by atoms with E-state index in [9.17, 15) is 22.8 Å². The second-order valence-corrected chi connectivity index (χ2v) is 6.68. The summed E-state index contributed by atoms with van der Waals surface area (Å²) in [6.45, 7) is 6.28. The van der Waals surface area contributed by atoms with E-state index in [0.717, 1.165) is 4.57 Å². The number of aromatic nitrogens is 2. The Morgan fingerprint density at radius 3 is 2.37 bits per heavy atom. The molecule has 1 aromatic carbocycles. The van der Waals surface area contributed by atoms with Crippen molar-refractivity contribution in [1.29, 1.82) is 0 Å². The molecule has 148 valence electrons. The minimum absolute atomic E-state index is 0.0429. The second kappa shape index (κ2) is 7.58. The zero-order valence-corrected chi connectivity index (χ0v) is 15.5. The van der Waals surface area contributed by atoms with Gasteiger partial charge in [-0.3, -0.25) is 9.59 Å². The Morgan fingerprint density at radius 2 is 1.89 bits per heavy atom. The third-order valence-electron chi connectivity index (χ3n) is 4.40. The number of fused-ring (bicyclic) bond motifs is 1. The van der Waals surface area contributed by atoms with Gasteiger partial charge in [-0.2, -0.15) is 13.2 Å². The van der Waals surface area contributed by atoms with Gasteiger partial charge in [0.1, 0.15) is 6.54 Å². The van der Waals surface area contributed by atoms with Crippen LogP contribution in [0.1, 0.15) is 56.3 Å². The zero-order valence-electron chi connectivity index (χ0n) is 15.5. The van der Waals surface area contributed by atoms with Gasteiger partial charge >= 0.3 is 12.1 Å². The average molecular weight is 385 g/mol. The SMILES string of the molecule is CCC(C)N(CC(=O)O)C(=O)c1ccc2c(c1)nc(C(F)(F)F)n2C(C)C. The van der Waals surface area contributed by atoms with Crippen molar-refractivity contribution < 1.29 is 27.9 Å². The van der Waals surface area contributed by atoms with E-state index in [1.165, 1.54) is 23.1 Å². The normalized spacial score (nSPS) is 13.2. The third-order valence-corrected chi connectivity index (χ3v) is 4.40. The number of alkyl halides is 3. The molecule has 1 amide bonds. The number of carbonyl (C=O) groups is 2. The van der Waals surface area contributed by atoms with Crippen LogP contribution in [0.4, 0.5) is 13.2 Å². The summed E-state index contributed by atoms with van der Waals surface area (Å²) in [4.78, 5) is 28.7. The van der Waals surface area contributed by atoms with Gasteiger partial charge in [-0.25, -0.2) is 4.98 Å². The molecule has 6 nitrogen and oxygen atoms in total. The molecule has 1 aromatic heterocycles. The number of benzene rings is 1. The van der Waals surface area contributed by atoms with E-state index >= 15 is 0 Å². The van der Waals surface area contributed by atoms with E-state index in [2.05, 4.69) is 4.98 Å². The molecule has 27 heavy (non-hydrogen) atoms. The number of hydrogen-bond acceptors (Lipinski definition) is 3. The third kappa shape index (κ3) is 4.23. The summed E-state index contributed by atoms with van der Waals surface area (Å²) in [6, 6.07) is 3.30. The number of nitrogens with zero attached hydrogens (tertiary/aromatic N) is 3. The van der Waals surface area contributed by atoms with Gasteiger partial charge in [0.15, 0.2) is 0 Å². The molecule has 1 heterocycles. The highest BCUT2D eigenvalue weighted by Crippen LogP contribution is 2.34. The maximum atomic E-state index is 13.3. The Bertz CT molecular complexity index is 859. The van der Waals surface area contributed by atoms with Crippen molar-refractivity contribution >= 4 is 22.9 Å². The van der Waals surface area contributed by atoms with Gasteiger partial charge in [0.2, 0.25) is 5.82 Å². The number of rotatable bonds is 6. The molecule has 1 unspecified atom stereocenters. The first-order chi connectivity index (χ1) is 12.5. The fraction of sp³-hybridized carbons (Fsp3) is 0.500. The second-order valence-electron chi connectivity index (χ2n) is 6.68. The highest BCUT2D eigenvalue weighted by molar-refractivity contribution is 5.98. The Kier molecular flexibility index (Phi) is 5.82. The summed E-state index contributed by atoms with van der Waals surface area (Å²) in [6.07, 6.45) is -4.08. The van der Waals surface area contributed by atoms with Gasteiger partial charge in [0.05, 0.1) is 11.0 Å². The molecule has 1 N–H and O–H groups in total. The van der Waals surface area contributed by atoms with E-state index in [-0.39, 0.29) is 22.6 Å². The smallest absolute Gasteiger partial charge is 0.449 e. The maximum absolute atomic E-state index is 13.3. The van der Waals surface area contributed by atoms with Crippen molar-refractivity contribution in [2.75, 3.05) is 6.54 Å². The Labute approximate surface area is 154 Å². The van der Waals surface area contributed by atoms with Crippen LogP contribution in [0, 0.1) is 0 Å². The van der Waals surface area contributed by atoms with Crippen LogP contribution in [0.15, 0.2) is 18.2 Å². The predicted molar refractivity (Wildman–Crippen MR) is 93.5 cm³/mol. The molecule has 0 spiro atoms. The Morgan fingerprint density at radius 1 is 1.26 bits per heavy atom. The lowest BCUT2D eigenvalue weighted by Crippen LogP contribution is -2.41. The van der Waals surface area contributed by atoms with Crippen LogP contribution in [-0.2, 0) is 11.0 Å². The zero-order chi connectivity index (χ0) is 20.5. The molecule has 9 heteroatoms. The number of carbonyl (C=O) groups excluding carboxylic acids is 1. The summed E-state index contributed by atoms with van der Waals surface area (Å²) in [5.41, 5.74) is 0.412. The lowest BCUT2D eigenvalue weighted by atomic mass is 10.1. The molecule has 0 radical (unpaired) electrons. The fourth-order valence-corrected chi connectivity index (χ4v) is 2.91. The molecule has 0 bridgehead atoms. The molecule has 0 saturated heterocycles. The summed E-state index contributed by atoms with van der Waals surface area (Å²) in [5.74, 6) is -2.74. The van der Waals surface area contributed by atoms with Crippen LogP contribution in [0.25, 0.3) is 11.0 Å². The number of aliphatic carboxylic acids is 1. The first kappa shape index (κ1) is 20.7. The molecule has 0 aliphatic carbocycles. The highest BCUT2D eigenvalue weighted by atomic mass is 19.4. The minimum Gasteiger partial charge on any atom is -0.480 e. The van der Waals surface area contributed by atoms with Crippen LogP contribution < -0.4 is 0 Å². The van der Waals surface area contributed by atoms with E-state index in [1.54, 1.807) is 20.8 Å². The van der Waals surface area contributed by atoms with Crippen LogP contribution in [0.3, 0.4) is 0 Å². The number of amides is 1. The van der Waals surface area contributed by atoms with Crippen LogP contribution >= 0.6 is 0 Å². The molecular weight excluding hydrogens is 363 g/mol. The maximum Gasteiger partial charge on any atom is 0.449 e. The summed E-state index contributed by atoms with van der Waals surface area (Å²) < 4.78 is 41.0. The van der Waals surface area contributed by atoms with E-state index in [0.29, 0.717) is 6.42 Å². The van der Waals surface area contributed by atoms with Gasteiger partial charge in [0.25, 0.3) is 5.91 Å². The van der Waals surface area contributed by atoms with Gasteiger partial charge < -0.3 is 14.6 Å². The molecule has 0 aliphatic rings. The van der Waals surface area contributed by atoms with Gasteiger partial charge in [0, 0.05) is 17.6 Å². The van der Waals surface area contributed by atoms with Crippen molar-refractivity contribution in [1.82, 2.24) is 14.5 Å². The van der Waals surface area contributed by atoms with Crippen LogP contribution in [0.2, 0.25) is 0 Å². The Balaban J connectivity index is 2.55. The largest absolute Gasteiger partial charge is 0.480 e. The number of imidazole rings is 1. The molecule has 1 atom stereocenters. The van der Waals surface area contributed by atoms with Crippen molar-refractivity contribution in [2.45, 2.75) is 52.4 Å². The van der Waals surface area contributed by atoms with Gasteiger partial charge in [-0.1, -0.05) is 6.92 Å². The predicted octanol–water partition coefficient (Wildman–Crippen LogP) is 3.96. The first-order valence-electron chi connectivity index (χ1n) is 8.59. The fourth-order valence-electron chi connectivity index (χ4n) is 2.91. The van der Waals surface area contributed by atoms with Crippen molar-refractivity contribution in [3.05, 3.63) is 29.6 Å². The van der Waals surface area contributed by atoms with Crippen molar-refractivity contribution in [3.63, 3.8) is 0 Å². The van der Waals surface area contributed by atoms with E-state index < -0.39 is 36.5 Å². The number of carboxylic acid groups (broad SMARTS) is 1. The molecule has 0 fully saturated rings. The van der Waals surface area contributed by atoms with Crippen LogP contribution in [0.5, 0.6) is 0 Å². The average Bonchev–Trinajstić information content (AvgIpc) is 2.97. The van der Waals surface area contributed by atoms with Crippen LogP contribution in [-0.4, -0.2) is 44.0 Å². The topological polar surface area (TPSA) is 75.4 Å².